The number of urea groups is 1. The van der Waals surface area contributed by atoms with Gasteiger partial charge in [-0.2, -0.15) is 11.8 Å². The van der Waals surface area contributed by atoms with E-state index in [9.17, 15) is 14.4 Å². The number of carbonyl (C=O) groups is 2. The van der Waals surface area contributed by atoms with Crippen molar-refractivity contribution >= 4 is 41.0 Å². The molecule has 7 nitrogen and oxygen atoms in total. The first-order chi connectivity index (χ1) is 15.4. The highest BCUT2D eigenvalue weighted by Crippen LogP contribution is 2.34. The average Bonchev–Trinajstić information content (AvgIpc) is 2.77. The smallest absolute Gasteiger partial charge is 0.318 e. The molecule has 3 amide bonds. The van der Waals surface area contributed by atoms with Crippen LogP contribution in [0.2, 0.25) is 5.02 Å². The fourth-order valence-electron chi connectivity index (χ4n) is 4.60. The van der Waals surface area contributed by atoms with Gasteiger partial charge in [0.2, 0.25) is 5.91 Å². The lowest BCUT2D eigenvalue weighted by atomic mass is 9.83. The predicted octanol–water partition coefficient (Wildman–Crippen LogP) is 3.39. The van der Waals surface area contributed by atoms with Crippen molar-refractivity contribution in [1.29, 1.82) is 0 Å². The Hall–Kier alpha value is -2.45. The van der Waals surface area contributed by atoms with Crippen molar-refractivity contribution in [1.82, 2.24) is 14.8 Å². The molecule has 3 unspecified atom stereocenters. The summed E-state index contributed by atoms with van der Waals surface area (Å²) in [5.41, 5.74) is 1.61. The monoisotopic (exact) mass is 474 g/mol. The number of rotatable bonds is 6. The van der Waals surface area contributed by atoms with Gasteiger partial charge in [-0.15, -0.1) is 0 Å². The van der Waals surface area contributed by atoms with Crippen LogP contribution in [0.25, 0.3) is 0 Å². The van der Waals surface area contributed by atoms with E-state index in [-0.39, 0.29) is 29.3 Å². The molecule has 32 heavy (non-hydrogen) atoms. The topological polar surface area (TPSA) is 83.4 Å². The molecule has 1 saturated heterocycles. The van der Waals surface area contributed by atoms with Crippen molar-refractivity contribution < 1.29 is 9.59 Å². The van der Waals surface area contributed by atoms with Crippen molar-refractivity contribution in [2.24, 2.45) is 5.92 Å². The van der Waals surface area contributed by atoms with Crippen molar-refractivity contribution in [3.05, 3.63) is 63.5 Å². The third-order valence-corrected chi connectivity index (χ3v) is 6.96. The normalized spacial score (nSPS) is 20.2. The molecule has 2 aliphatic heterocycles. The van der Waals surface area contributed by atoms with Crippen molar-refractivity contribution in [2.45, 2.75) is 31.3 Å². The highest BCUT2D eigenvalue weighted by molar-refractivity contribution is 7.98. The number of amides is 3. The number of nitrogens with one attached hydrogen (secondary N) is 2. The maximum absolute atomic E-state index is 13.1. The van der Waals surface area contributed by atoms with E-state index in [2.05, 4.69) is 10.6 Å². The molecule has 1 fully saturated rings. The molecule has 3 heterocycles. The van der Waals surface area contributed by atoms with Gasteiger partial charge >= 0.3 is 6.03 Å². The maximum atomic E-state index is 13.1. The third-order valence-electron chi connectivity index (χ3n) is 6.08. The second-order valence-electron chi connectivity index (χ2n) is 8.39. The number of pyridine rings is 1. The Morgan fingerprint density at radius 3 is 2.78 bits per heavy atom. The number of thioether (sulfide) groups is 1. The van der Waals surface area contributed by atoms with E-state index in [0.717, 1.165) is 17.9 Å². The number of benzene rings is 1. The zero-order chi connectivity index (χ0) is 22.7. The van der Waals surface area contributed by atoms with Crippen LogP contribution >= 0.6 is 23.4 Å². The number of fused-ring (bicyclic) bond motifs is 4. The molecule has 0 spiro atoms. The van der Waals surface area contributed by atoms with Gasteiger partial charge in [-0.3, -0.25) is 9.59 Å². The Bertz CT molecular complexity index is 1060. The van der Waals surface area contributed by atoms with Crippen LogP contribution in [0.3, 0.4) is 0 Å². The van der Waals surface area contributed by atoms with Crippen LogP contribution in [0.15, 0.2) is 47.3 Å². The summed E-state index contributed by atoms with van der Waals surface area (Å²) in [7, 11) is 0. The van der Waals surface area contributed by atoms with Gasteiger partial charge in [0.1, 0.15) is 6.04 Å². The van der Waals surface area contributed by atoms with Crippen LogP contribution in [-0.2, 0) is 11.3 Å². The minimum Gasteiger partial charge on any atom is -0.326 e. The van der Waals surface area contributed by atoms with Crippen LogP contribution < -0.4 is 16.2 Å². The van der Waals surface area contributed by atoms with Crippen LogP contribution in [0.5, 0.6) is 0 Å². The van der Waals surface area contributed by atoms with Gasteiger partial charge in [0.25, 0.3) is 5.56 Å². The van der Waals surface area contributed by atoms with E-state index in [4.69, 9.17) is 11.6 Å². The maximum Gasteiger partial charge on any atom is 0.318 e. The second kappa shape index (κ2) is 10.0. The largest absolute Gasteiger partial charge is 0.326 e. The molecule has 4 rings (SSSR count). The van der Waals surface area contributed by atoms with Crippen LogP contribution in [-0.4, -0.2) is 52.5 Å². The van der Waals surface area contributed by atoms with E-state index in [1.807, 2.05) is 16.9 Å². The molecule has 2 N–H and O–H groups in total. The highest BCUT2D eigenvalue weighted by atomic mass is 35.5. The van der Waals surface area contributed by atoms with Gasteiger partial charge in [0, 0.05) is 48.0 Å². The summed E-state index contributed by atoms with van der Waals surface area (Å²) >= 11 is 7.64. The molecule has 0 saturated carbocycles. The molecule has 3 atom stereocenters. The first-order valence-corrected chi connectivity index (χ1v) is 12.5. The summed E-state index contributed by atoms with van der Waals surface area (Å²) in [5.74, 6) is 0.850. The summed E-state index contributed by atoms with van der Waals surface area (Å²) in [6.07, 6.45) is 3.47. The molecular weight excluding hydrogens is 448 g/mol. The van der Waals surface area contributed by atoms with Gasteiger partial charge in [0.15, 0.2) is 0 Å². The SMILES string of the molecule is CSCCC(NC(=O)N1CC2CC(C1)c1cccc(=O)n1C2)C(=O)Nc1cccc(Cl)c1. The van der Waals surface area contributed by atoms with Crippen molar-refractivity contribution in [3.8, 4) is 0 Å². The molecule has 2 aliphatic rings. The lowest BCUT2D eigenvalue weighted by molar-refractivity contribution is -0.118. The Morgan fingerprint density at radius 1 is 1.19 bits per heavy atom. The Balaban J connectivity index is 1.44. The molecule has 2 bridgehead atoms. The van der Waals surface area contributed by atoms with Crippen LogP contribution in [0.4, 0.5) is 10.5 Å². The number of nitrogens with zero attached hydrogens (tertiary/aromatic N) is 2. The quantitative estimate of drug-likeness (QED) is 0.672. The van der Waals surface area contributed by atoms with Crippen LogP contribution in [0, 0.1) is 5.92 Å². The van der Waals surface area contributed by atoms with Gasteiger partial charge < -0.3 is 20.1 Å². The molecule has 170 valence electrons. The van der Waals surface area contributed by atoms with Gasteiger partial charge in [-0.1, -0.05) is 23.7 Å². The first-order valence-electron chi connectivity index (χ1n) is 10.7. The number of aromatic nitrogens is 1. The predicted molar refractivity (Wildman–Crippen MR) is 129 cm³/mol. The second-order valence-corrected chi connectivity index (χ2v) is 9.81. The third kappa shape index (κ3) is 5.13. The number of hydrogen-bond acceptors (Lipinski definition) is 4. The summed E-state index contributed by atoms with van der Waals surface area (Å²) in [6.45, 7) is 1.74. The lowest BCUT2D eigenvalue weighted by Gasteiger charge is -2.43. The van der Waals surface area contributed by atoms with E-state index < -0.39 is 6.04 Å². The number of hydrogen-bond donors (Lipinski definition) is 2. The van der Waals surface area contributed by atoms with E-state index in [1.54, 1.807) is 53.1 Å². The fourth-order valence-corrected chi connectivity index (χ4v) is 5.26. The Labute approximate surface area is 196 Å². The molecule has 1 aromatic carbocycles. The number of carbonyl (C=O) groups excluding carboxylic acids is 2. The van der Waals surface area contributed by atoms with Gasteiger partial charge in [-0.05, 0) is 55.0 Å². The molecule has 0 radical (unpaired) electrons. The molecule has 1 aromatic heterocycles. The van der Waals surface area contributed by atoms with Crippen LogP contribution in [0.1, 0.15) is 24.5 Å². The first kappa shape index (κ1) is 22.7. The number of likely N-dealkylation sites (tertiary alicyclic amines) is 1. The summed E-state index contributed by atoms with van der Waals surface area (Å²) < 4.78 is 1.84. The number of piperidine rings is 1. The van der Waals surface area contributed by atoms with E-state index >= 15 is 0 Å². The number of anilines is 1. The summed E-state index contributed by atoms with van der Waals surface area (Å²) in [5, 5.41) is 6.33. The fraction of sp³-hybridized carbons (Fsp3) is 0.435. The minimum atomic E-state index is -0.648. The van der Waals surface area contributed by atoms with E-state index in [0.29, 0.717) is 36.8 Å². The molecule has 2 aromatic rings. The van der Waals surface area contributed by atoms with Gasteiger partial charge in [0.05, 0.1) is 0 Å². The Morgan fingerprint density at radius 2 is 2.00 bits per heavy atom. The van der Waals surface area contributed by atoms with Crippen molar-refractivity contribution in [3.63, 3.8) is 0 Å². The summed E-state index contributed by atoms with van der Waals surface area (Å²) in [6, 6.07) is 11.4. The molecular formula is C23H27ClN4O3S. The molecule has 9 heteroatoms. The average molecular weight is 475 g/mol. The highest BCUT2D eigenvalue weighted by Gasteiger charge is 2.37. The van der Waals surface area contributed by atoms with Crippen molar-refractivity contribution in [2.75, 3.05) is 30.4 Å². The lowest BCUT2D eigenvalue weighted by Crippen LogP contribution is -2.55. The Kier molecular flexibility index (Phi) is 7.10. The minimum absolute atomic E-state index is 0.0184. The summed E-state index contributed by atoms with van der Waals surface area (Å²) in [4.78, 5) is 40.0. The van der Waals surface area contributed by atoms with Gasteiger partial charge in [-0.25, -0.2) is 4.79 Å². The molecule has 0 aliphatic carbocycles. The van der Waals surface area contributed by atoms with E-state index in [1.165, 1.54) is 0 Å². The zero-order valence-electron chi connectivity index (χ0n) is 17.9. The zero-order valence-corrected chi connectivity index (χ0v) is 19.5. The number of halogens is 1. The standard InChI is InChI=1S/C23H27ClN4O3S/c1-32-9-8-19(22(30)25-18-5-2-4-17(24)11-18)26-23(31)27-12-15-10-16(14-27)20-6-3-7-21(29)28(20)13-15/h2-7,11,15-16,19H,8-10,12-14H2,1H3,(H,25,30)(H,26,31).